The number of fused-ring (bicyclic) bond motifs is 1. The summed E-state index contributed by atoms with van der Waals surface area (Å²) in [6.45, 7) is 0. The van der Waals surface area contributed by atoms with Gasteiger partial charge in [-0.1, -0.05) is 11.6 Å². The molecule has 1 aromatic heterocycles. The van der Waals surface area contributed by atoms with Gasteiger partial charge in [0.05, 0.1) is 10.4 Å². The zero-order valence-electron chi connectivity index (χ0n) is 7.55. The first-order valence-electron chi connectivity index (χ1n) is 3.84. The van der Waals surface area contributed by atoms with E-state index in [1.165, 1.54) is 0 Å². The normalized spacial score (nSPS) is 9.88. The van der Waals surface area contributed by atoms with E-state index < -0.39 is 16.4 Å². The summed E-state index contributed by atoms with van der Waals surface area (Å²) in [7, 11) is 0. The van der Waals surface area contributed by atoms with Crippen LogP contribution in [0.3, 0.4) is 0 Å². The average Bonchev–Trinajstić information content (AvgIpc) is 2.16. The van der Waals surface area contributed by atoms with E-state index in [4.69, 9.17) is 11.6 Å². The molecule has 16 heavy (non-hydrogen) atoms. The molecule has 2 rings (SSSR count). The number of aromatic nitrogens is 2. The second-order valence-electron chi connectivity index (χ2n) is 2.74. The van der Waals surface area contributed by atoms with Crippen molar-refractivity contribution in [2.75, 3.05) is 0 Å². The molecule has 0 saturated heterocycles. The highest BCUT2D eigenvalue weighted by atomic mass is 35.5. The Morgan fingerprint density at radius 2 is 2.06 bits per heavy atom. The van der Waals surface area contributed by atoms with E-state index in [2.05, 4.69) is 9.97 Å². The minimum atomic E-state index is -0.942. The first kappa shape index (κ1) is 12.5. The van der Waals surface area contributed by atoms with Gasteiger partial charge in [-0.25, -0.2) is 9.97 Å². The molecule has 0 saturated carbocycles. The predicted octanol–water partition coefficient (Wildman–Crippen LogP) is 2.75. The quantitative estimate of drug-likeness (QED) is 0.451. The largest absolute Gasteiger partial charge is 0.305 e. The fraction of sp³-hybridized carbons (Fsp3) is 0. The van der Waals surface area contributed by atoms with E-state index in [0.29, 0.717) is 0 Å². The van der Waals surface area contributed by atoms with E-state index >= 15 is 0 Å². The lowest BCUT2D eigenvalue weighted by Crippen LogP contribution is -1.94. The van der Waals surface area contributed by atoms with Crippen molar-refractivity contribution in [3.8, 4) is 0 Å². The van der Waals surface area contributed by atoms with E-state index in [-0.39, 0.29) is 28.5 Å². The summed E-state index contributed by atoms with van der Waals surface area (Å²) >= 11 is 5.69. The molecule has 8 heteroatoms. The Labute approximate surface area is 99.8 Å². The summed E-state index contributed by atoms with van der Waals surface area (Å²) in [6.07, 6.45) is 1.16. The van der Waals surface area contributed by atoms with Crippen LogP contribution in [0.2, 0.25) is 5.15 Å². The van der Waals surface area contributed by atoms with Gasteiger partial charge in [0, 0.05) is 17.5 Å². The number of nitrogens with zero attached hydrogens (tertiary/aromatic N) is 3. The number of nitro groups is 1. The first-order valence-corrected chi connectivity index (χ1v) is 4.21. The van der Waals surface area contributed by atoms with E-state index in [1.807, 2.05) is 0 Å². The number of rotatable bonds is 1. The molecule has 0 aliphatic rings. The van der Waals surface area contributed by atoms with Crippen LogP contribution in [0, 0.1) is 15.9 Å². The lowest BCUT2D eigenvalue weighted by molar-refractivity contribution is -0.387. The summed E-state index contributed by atoms with van der Waals surface area (Å²) in [6, 6.07) is 1.98. The first-order chi connectivity index (χ1) is 7.09. The third-order valence-electron chi connectivity index (χ3n) is 1.85. The number of halogens is 3. The van der Waals surface area contributed by atoms with Crippen LogP contribution in [-0.4, -0.2) is 14.9 Å². The molecule has 1 heterocycles. The van der Waals surface area contributed by atoms with Crippen molar-refractivity contribution >= 4 is 40.6 Å². The van der Waals surface area contributed by atoms with E-state index in [0.717, 1.165) is 18.5 Å². The zero-order valence-corrected chi connectivity index (χ0v) is 9.13. The van der Waals surface area contributed by atoms with Gasteiger partial charge in [-0.05, 0) is 0 Å². The van der Waals surface area contributed by atoms with E-state index in [1.54, 1.807) is 0 Å². The molecule has 0 radical (unpaired) electrons. The Hall–Kier alpha value is -1.53. The summed E-state index contributed by atoms with van der Waals surface area (Å²) in [4.78, 5) is 17.0. The third-order valence-corrected chi connectivity index (χ3v) is 2.15. The lowest BCUT2D eigenvalue weighted by atomic mass is 10.2. The minimum absolute atomic E-state index is 0. The van der Waals surface area contributed by atoms with Gasteiger partial charge >= 0.3 is 5.69 Å². The Morgan fingerprint density at radius 3 is 2.69 bits per heavy atom. The van der Waals surface area contributed by atoms with Crippen molar-refractivity contribution in [3.63, 3.8) is 0 Å². The summed E-state index contributed by atoms with van der Waals surface area (Å²) in [5.41, 5.74) is -0.405. The van der Waals surface area contributed by atoms with Gasteiger partial charge < -0.3 is 0 Å². The molecule has 5 nitrogen and oxygen atoms in total. The molecule has 2 aromatic rings. The molecule has 0 spiro atoms. The smallest absolute Gasteiger partial charge is 0.258 e. The molecule has 84 valence electrons. The van der Waals surface area contributed by atoms with Crippen molar-refractivity contribution in [2.45, 2.75) is 0 Å². The van der Waals surface area contributed by atoms with Crippen LogP contribution < -0.4 is 0 Å². The van der Waals surface area contributed by atoms with Gasteiger partial charge in [0.1, 0.15) is 11.5 Å². The second kappa shape index (κ2) is 4.54. The minimum Gasteiger partial charge on any atom is -0.258 e. The van der Waals surface area contributed by atoms with Gasteiger partial charge in [-0.2, -0.15) is 4.39 Å². The Balaban J connectivity index is 0.00000128. The number of hydrogen-bond donors (Lipinski definition) is 0. The van der Waals surface area contributed by atoms with Crippen LogP contribution in [0.15, 0.2) is 18.5 Å². The van der Waals surface area contributed by atoms with Crippen LogP contribution in [0.5, 0.6) is 0 Å². The highest BCUT2D eigenvalue weighted by Gasteiger charge is 2.16. The molecule has 0 aliphatic heterocycles. The Bertz CT molecular complexity index is 564. The third kappa shape index (κ3) is 2.02. The van der Waals surface area contributed by atoms with Crippen LogP contribution in [-0.2, 0) is 0 Å². The molecule has 0 bridgehead atoms. The topological polar surface area (TPSA) is 68.9 Å². The number of hydrogen-bond acceptors (Lipinski definition) is 4. The standard InChI is InChI=1S/C8H3ClFN3O2.ClH/c9-8-4-1-7(13(14)15)5(10)2-6(4)11-3-12-8;/h1-3H;1H. The van der Waals surface area contributed by atoms with Crippen LogP contribution in [0.1, 0.15) is 0 Å². The molecule has 0 atom stereocenters. The van der Waals surface area contributed by atoms with Gasteiger partial charge in [0.2, 0.25) is 5.82 Å². The van der Waals surface area contributed by atoms with E-state index in [9.17, 15) is 14.5 Å². The zero-order chi connectivity index (χ0) is 11.0. The highest BCUT2D eigenvalue weighted by Crippen LogP contribution is 2.26. The second-order valence-corrected chi connectivity index (χ2v) is 3.10. The monoisotopic (exact) mass is 263 g/mol. The summed E-state index contributed by atoms with van der Waals surface area (Å²) in [5.74, 6) is -0.942. The van der Waals surface area contributed by atoms with Gasteiger partial charge in [0.25, 0.3) is 0 Å². The average molecular weight is 264 g/mol. The SMILES string of the molecule is Cl.O=[N+]([O-])c1cc2c(Cl)ncnc2cc1F. The summed E-state index contributed by atoms with van der Waals surface area (Å²) < 4.78 is 13.2. The fourth-order valence-electron chi connectivity index (χ4n) is 1.17. The van der Waals surface area contributed by atoms with Crippen LogP contribution in [0.4, 0.5) is 10.1 Å². The molecule has 0 aliphatic carbocycles. The fourth-order valence-corrected chi connectivity index (χ4v) is 1.37. The molecule has 0 amide bonds. The van der Waals surface area contributed by atoms with Crippen molar-refractivity contribution in [1.29, 1.82) is 0 Å². The van der Waals surface area contributed by atoms with Gasteiger partial charge in [-0.3, -0.25) is 10.1 Å². The molecule has 0 fully saturated rings. The molecule has 0 unspecified atom stereocenters. The maximum absolute atomic E-state index is 13.2. The number of benzene rings is 1. The van der Waals surface area contributed by atoms with Crippen molar-refractivity contribution in [3.05, 3.63) is 39.5 Å². The maximum atomic E-state index is 13.2. The maximum Gasteiger partial charge on any atom is 0.305 e. The Morgan fingerprint density at radius 1 is 1.38 bits per heavy atom. The predicted molar refractivity (Wildman–Crippen MR) is 58.4 cm³/mol. The van der Waals surface area contributed by atoms with Gasteiger partial charge in [0.15, 0.2) is 0 Å². The molecule has 0 N–H and O–H groups in total. The molecular formula is C8H4Cl2FN3O2. The van der Waals surface area contributed by atoms with Crippen molar-refractivity contribution in [1.82, 2.24) is 9.97 Å². The lowest BCUT2D eigenvalue weighted by Gasteiger charge is -1.99. The number of nitro benzene ring substituents is 1. The van der Waals surface area contributed by atoms with Crippen molar-refractivity contribution < 1.29 is 9.31 Å². The van der Waals surface area contributed by atoms with Crippen molar-refractivity contribution in [2.24, 2.45) is 0 Å². The van der Waals surface area contributed by atoms with Crippen LogP contribution >= 0.6 is 24.0 Å². The van der Waals surface area contributed by atoms with Crippen LogP contribution in [0.25, 0.3) is 10.9 Å². The Kier molecular flexibility index (Phi) is 3.56. The molecule has 1 aromatic carbocycles. The summed E-state index contributed by atoms with van der Waals surface area (Å²) in [5, 5.41) is 10.8. The van der Waals surface area contributed by atoms with Gasteiger partial charge in [-0.15, -0.1) is 12.4 Å². The molecular weight excluding hydrogens is 260 g/mol. The highest BCUT2D eigenvalue weighted by molar-refractivity contribution is 6.34.